The van der Waals surface area contributed by atoms with Gasteiger partial charge < -0.3 is 5.32 Å². The average Bonchev–Trinajstić information content (AvgIpc) is 2.88. The number of carbonyl (C=O) groups excluding carboxylic acids is 1. The molecule has 1 fully saturated rings. The molecule has 1 N–H and O–H groups in total. The molecule has 1 amide bonds. The molecule has 118 valence electrons. The highest BCUT2D eigenvalue weighted by Crippen LogP contribution is 2.17. The molecular weight excluding hydrogens is 264 g/mol. The van der Waals surface area contributed by atoms with E-state index in [0.29, 0.717) is 11.7 Å². The second-order valence-electron chi connectivity index (χ2n) is 6.21. The molecule has 1 aromatic heterocycles. The first-order chi connectivity index (χ1) is 10.3. The maximum absolute atomic E-state index is 12.2. The van der Waals surface area contributed by atoms with Crippen molar-refractivity contribution in [3.05, 3.63) is 11.9 Å². The topological polar surface area (TPSA) is 59.8 Å². The van der Waals surface area contributed by atoms with Gasteiger partial charge in [0, 0.05) is 13.1 Å². The number of carbonyl (C=O) groups is 1. The molecule has 0 bridgehead atoms. The molecule has 1 aliphatic carbocycles. The molecule has 0 atom stereocenters. The van der Waals surface area contributed by atoms with E-state index in [1.165, 1.54) is 57.8 Å². The van der Waals surface area contributed by atoms with Gasteiger partial charge in [0.1, 0.15) is 0 Å². The molecule has 0 radical (unpaired) electrons. The Morgan fingerprint density at radius 3 is 2.05 bits per heavy atom. The van der Waals surface area contributed by atoms with Crippen LogP contribution in [0.3, 0.4) is 0 Å². The Hall–Kier alpha value is -1.39. The summed E-state index contributed by atoms with van der Waals surface area (Å²) in [7, 11) is 1.78. The van der Waals surface area contributed by atoms with E-state index in [9.17, 15) is 4.79 Å². The van der Waals surface area contributed by atoms with Gasteiger partial charge >= 0.3 is 0 Å². The molecular formula is C16H28N4O. The van der Waals surface area contributed by atoms with Crippen LogP contribution in [-0.2, 0) is 7.05 Å². The van der Waals surface area contributed by atoms with Gasteiger partial charge in [-0.15, -0.1) is 5.10 Å². The van der Waals surface area contributed by atoms with Gasteiger partial charge in [-0.1, -0.05) is 63.0 Å². The van der Waals surface area contributed by atoms with Crippen LogP contribution in [0.1, 0.15) is 81.1 Å². The maximum Gasteiger partial charge on any atom is 0.273 e. The van der Waals surface area contributed by atoms with E-state index in [0.717, 1.165) is 12.8 Å². The van der Waals surface area contributed by atoms with Crippen molar-refractivity contribution in [3.8, 4) is 0 Å². The zero-order valence-corrected chi connectivity index (χ0v) is 13.2. The van der Waals surface area contributed by atoms with Crippen molar-refractivity contribution in [2.75, 3.05) is 0 Å². The minimum atomic E-state index is -0.0832. The SMILES string of the molecule is Cn1cc(C(=O)NC2CCCCCCCCCCC2)nn1. The summed E-state index contributed by atoms with van der Waals surface area (Å²) in [6, 6.07) is 0.291. The van der Waals surface area contributed by atoms with Gasteiger partial charge in [0.25, 0.3) is 5.91 Å². The van der Waals surface area contributed by atoms with E-state index in [1.54, 1.807) is 17.9 Å². The predicted molar refractivity (Wildman–Crippen MR) is 83.0 cm³/mol. The molecule has 1 aliphatic rings. The molecule has 0 saturated heterocycles. The van der Waals surface area contributed by atoms with Crippen molar-refractivity contribution in [2.24, 2.45) is 7.05 Å². The normalized spacial score (nSPS) is 19.5. The van der Waals surface area contributed by atoms with E-state index in [1.807, 2.05) is 0 Å². The maximum atomic E-state index is 12.2. The summed E-state index contributed by atoms with van der Waals surface area (Å²) in [5.74, 6) is -0.0832. The number of aromatic nitrogens is 3. The summed E-state index contributed by atoms with van der Waals surface area (Å²) in [5.41, 5.74) is 0.420. The first-order valence-electron chi connectivity index (χ1n) is 8.43. The summed E-state index contributed by atoms with van der Waals surface area (Å²) >= 11 is 0. The van der Waals surface area contributed by atoms with E-state index in [-0.39, 0.29) is 5.91 Å². The summed E-state index contributed by atoms with van der Waals surface area (Å²) in [6.45, 7) is 0. The number of nitrogens with one attached hydrogen (secondary N) is 1. The van der Waals surface area contributed by atoms with Crippen molar-refractivity contribution in [1.29, 1.82) is 0 Å². The molecule has 5 nitrogen and oxygen atoms in total. The number of aryl methyl sites for hydroxylation is 1. The van der Waals surface area contributed by atoms with Crippen LogP contribution >= 0.6 is 0 Å². The molecule has 0 aromatic carbocycles. The van der Waals surface area contributed by atoms with Crippen molar-refractivity contribution in [1.82, 2.24) is 20.3 Å². The number of rotatable bonds is 2. The summed E-state index contributed by atoms with van der Waals surface area (Å²) in [6.07, 6.45) is 15.7. The Kier molecular flexibility index (Phi) is 6.70. The Bertz CT molecular complexity index is 418. The van der Waals surface area contributed by atoms with Crippen LogP contribution < -0.4 is 5.32 Å². The lowest BCUT2D eigenvalue weighted by atomic mass is 9.98. The van der Waals surface area contributed by atoms with Crippen molar-refractivity contribution >= 4 is 5.91 Å². The third-order valence-electron chi connectivity index (χ3n) is 4.28. The van der Waals surface area contributed by atoms with Gasteiger partial charge in [-0.3, -0.25) is 9.48 Å². The first kappa shape index (κ1) is 16.0. The van der Waals surface area contributed by atoms with Crippen LogP contribution in [0.15, 0.2) is 6.20 Å². The number of hydrogen-bond acceptors (Lipinski definition) is 3. The summed E-state index contributed by atoms with van der Waals surface area (Å²) in [5, 5.41) is 10.9. The van der Waals surface area contributed by atoms with E-state index in [4.69, 9.17) is 0 Å². The highest BCUT2D eigenvalue weighted by atomic mass is 16.2. The monoisotopic (exact) mass is 292 g/mol. The minimum absolute atomic E-state index is 0.0832. The van der Waals surface area contributed by atoms with Gasteiger partial charge in [-0.25, -0.2) is 0 Å². The predicted octanol–water partition coefficient (Wildman–Crippen LogP) is 3.22. The van der Waals surface area contributed by atoms with E-state index >= 15 is 0 Å². The van der Waals surface area contributed by atoms with Gasteiger partial charge in [0.05, 0.1) is 6.20 Å². The summed E-state index contributed by atoms with van der Waals surface area (Å²) < 4.78 is 1.57. The van der Waals surface area contributed by atoms with Crippen molar-refractivity contribution in [3.63, 3.8) is 0 Å². The van der Waals surface area contributed by atoms with Crippen LogP contribution in [-0.4, -0.2) is 26.9 Å². The molecule has 0 aliphatic heterocycles. The summed E-state index contributed by atoms with van der Waals surface area (Å²) in [4.78, 5) is 12.2. The van der Waals surface area contributed by atoms with Crippen LogP contribution in [0.25, 0.3) is 0 Å². The van der Waals surface area contributed by atoms with Crippen LogP contribution in [0.4, 0.5) is 0 Å². The average molecular weight is 292 g/mol. The molecule has 0 unspecified atom stereocenters. The molecule has 0 spiro atoms. The molecule has 1 saturated carbocycles. The lowest BCUT2D eigenvalue weighted by molar-refractivity contribution is 0.0926. The highest BCUT2D eigenvalue weighted by Gasteiger charge is 2.16. The fourth-order valence-electron chi connectivity index (χ4n) is 3.02. The minimum Gasteiger partial charge on any atom is -0.348 e. The highest BCUT2D eigenvalue weighted by molar-refractivity contribution is 5.92. The van der Waals surface area contributed by atoms with Crippen LogP contribution in [0.5, 0.6) is 0 Å². The fourth-order valence-corrected chi connectivity index (χ4v) is 3.02. The largest absolute Gasteiger partial charge is 0.348 e. The third-order valence-corrected chi connectivity index (χ3v) is 4.28. The van der Waals surface area contributed by atoms with E-state index in [2.05, 4.69) is 15.6 Å². The van der Waals surface area contributed by atoms with Gasteiger partial charge in [0.2, 0.25) is 0 Å². The standard InChI is InChI=1S/C16H28N4O/c1-20-13-15(18-19-20)16(21)17-14-11-9-7-5-3-2-4-6-8-10-12-14/h13-14H,2-12H2,1H3,(H,17,21). The number of nitrogens with zero attached hydrogens (tertiary/aromatic N) is 3. The molecule has 5 heteroatoms. The first-order valence-corrected chi connectivity index (χ1v) is 8.43. The quantitative estimate of drug-likeness (QED) is 0.910. The lowest BCUT2D eigenvalue weighted by Gasteiger charge is -2.19. The third kappa shape index (κ3) is 5.86. The molecule has 1 aromatic rings. The smallest absolute Gasteiger partial charge is 0.273 e. The van der Waals surface area contributed by atoms with Crippen molar-refractivity contribution in [2.45, 2.75) is 76.7 Å². The second kappa shape index (κ2) is 8.80. The molecule has 1 heterocycles. The second-order valence-corrected chi connectivity index (χ2v) is 6.21. The van der Waals surface area contributed by atoms with Crippen LogP contribution in [0, 0.1) is 0 Å². The number of amides is 1. The van der Waals surface area contributed by atoms with E-state index < -0.39 is 0 Å². The number of hydrogen-bond donors (Lipinski definition) is 1. The Morgan fingerprint density at radius 2 is 1.57 bits per heavy atom. The fraction of sp³-hybridized carbons (Fsp3) is 0.812. The Balaban J connectivity index is 1.83. The zero-order valence-electron chi connectivity index (χ0n) is 13.2. The van der Waals surface area contributed by atoms with Gasteiger partial charge in [-0.2, -0.15) is 0 Å². The molecule has 21 heavy (non-hydrogen) atoms. The lowest BCUT2D eigenvalue weighted by Crippen LogP contribution is -2.35. The van der Waals surface area contributed by atoms with Crippen LogP contribution in [0.2, 0.25) is 0 Å². The van der Waals surface area contributed by atoms with Crippen molar-refractivity contribution < 1.29 is 4.79 Å². The Labute approximate surface area is 127 Å². The van der Waals surface area contributed by atoms with Gasteiger partial charge in [-0.05, 0) is 12.8 Å². The Morgan fingerprint density at radius 1 is 1.05 bits per heavy atom. The van der Waals surface area contributed by atoms with Gasteiger partial charge in [0.15, 0.2) is 5.69 Å². The molecule has 2 rings (SSSR count). The zero-order chi connectivity index (χ0) is 14.9.